The van der Waals surface area contributed by atoms with E-state index in [1.807, 2.05) is 0 Å². The first-order chi connectivity index (χ1) is 7.25. The molecule has 0 aromatic carbocycles. The number of nitrogens with zero attached hydrogens (tertiary/aromatic N) is 2. The molecule has 0 atom stereocenters. The van der Waals surface area contributed by atoms with Crippen LogP contribution in [-0.2, 0) is 11.3 Å². The highest BCUT2D eigenvalue weighted by molar-refractivity contribution is 5.70. The van der Waals surface area contributed by atoms with Gasteiger partial charge in [-0.05, 0) is 25.9 Å². The second-order valence-electron chi connectivity index (χ2n) is 3.86. The number of carboxylic acids is 1. The average Bonchev–Trinajstić information content (AvgIpc) is 2.71. The molecule has 82 valence electrons. The maximum Gasteiger partial charge on any atom is 0.306 e. The Morgan fingerprint density at radius 3 is 2.87 bits per heavy atom. The molecule has 0 radical (unpaired) electrons. The van der Waals surface area contributed by atoms with Crippen molar-refractivity contribution in [1.82, 2.24) is 9.88 Å². The van der Waals surface area contributed by atoms with E-state index in [-0.39, 0.29) is 5.92 Å². The zero-order valence-corrected chi connectivity index (χ0v) is 8.43. The van der Waals surface area contributed by atoms with Crippen molar-refractivity contribution in [2.75, 3.05) is 13.1 Å². The van der Waals surface area contributed by atoms with E-state index in [1.54, 1.807) is 6.20 Å². The molecule has 2 rings (SSSR count). The SMILES string of the molecule is O=C(O)C1CCN(Cc2cnco2)CC1. The van der Waals surface area contributed by atoms with E-state index >= 15 is 0 Å². The molecule has 1 fully saturated rings. The number of carbonyl (C=O) groups is 1. The minimum atomic E-state index is -0.672. The Kier molecular flexibility index (Phi) is 3.01. The Hall–Kier alpha value is -1.36. The Bertz CT molecular complexity index is 315. The van der Waals surface area contributed by atoms with Crippen molar-refractivity contribution < 1.29 is 14.3 Å². The largest absolute Gasteiger partial charge is 0.481 e. The molecule has 15 heavy (non-hydrogen) atoms. The molecule has 0 spiro atoms. The van der Waals surface area contributed by atoms with Gasteiger partial charge in [0.2, 0.25) is 0 Å². The van der Waals surface area contributed by atoms with Gasteiger partial charge in [-0.2, -0.15) is 0 Å². The summed E-state index contributed by atoms with van der Waals surface area (Å²) in [5.74, 6) is -0.00549. The molecule has 0 bridgehead atoms. The van der Waals surface area contributed by atoms with E-state index < -0.39 is 5.97 Å². The lowest BCUT2D eigenvalue weighted by atomic mass is 9.97. The Labute approximate surface area is 87.7 Å². The van der Waals surface area contributed by atoms with Gasteiger partial charge in [-0.15, -0.1) is 0 Å². The van der Waals surface area contributed by atoms with Crippen molar-refractivity contribution in [3.05, 3.63) is 18.4 Å². The van der Waals surface area contributed by atoms with Crippen LogP contribution in [0.5, 0.6) is 0 Å². The third kappa shape index (κ3) is 2.56. The summed E-state index contributed by atoms with van der Waals surface area (Å²) in [6.07, 6.45) is 4.57. The highest BCUT2D eigenvalue weighted by atomic mass is 16.4. The zero-order valence-electron chi connectivity index (χ0n) is 8.43. The number of carboxylic acid groups (broad SMARTS) is 1. The molecule has 5 heteroatoms. The second-order valence-corrected chi connectivity index (χ2v) is 3.86. The van der Waals surface area contributed by atoms with Gasteiger partial charge < -0.3 is 9.52 Å². The first-order valence-electron chi connectivity index (χ1n) is 5.08. The molecular weight excluding hydrogens is 196 g/mol. The van der Waals surface area contributed by atoms with Gasteiger partial charge >= 0.3 is 5.97 Å². The number of likely N-dealkylation sites (tertiary alicyclic amines) is 1. The van der Waals surface area contributed by atoms with E-state index in [9.17, 15) is 4.79 Å². The molecule has 1 aromatic rings. The number of oxazole rings is 1. The monoisotopic (exact) mass is 210 g/mol. The molecule has 1 aliphatic heterocycles. The molecule has 0 unspecified atom stereocenters. The summed E-state index contributed by atoms with van der Waals surface area (Å²) in [6.45, 7) is 2.36. The molecule has 2 heterocycles. The van der Waals surface area contributed by atoms with Gasteiger partial charge in [0.05, 0.1) is 18.7 Å². The number of aliphatic carboxylic acids is 1. The summed E-state index contributed by atoms with van der Waals surface area (Å²) in [5.41, 5.74) is 0. The van der Waals surface area contributed by atoms with E-state index in [0.717, 1.165) is 38.2 Å². The summed E-state index contributed by atoms with van der Waals surface area (Å²) < 4.78 is 5.14. The molecule has 1 aliphatic rings. The number of aromatic nitrogens is 1. The first-order valence-corrected chi connectivity index (χ1v) is 5.08. The Balaban J connectivity index is 1.81. The predicted octanol–water partition coefficient (Wildman–Crippen LogP) is 0.971. The quantitative estimate of drug-likeness (QED) is 0.805. The highest BCUT2D eigenvalue weighted by Gasteiger charge is 2.24. The van der Waals surface area contributed by atoms with Crippen molar-refractivity contribution in [2.45, 2.75) is 19.4 Å². The summed E-state index contributed by atoms with van der Waals surface area (Å²) in [4.78, 5) is 16.8. The van der Waals surface area contributed by atoms with Crippen molar-refractivity contribution in [3.8, 4) is 0 Å². The minimum Gasteiger partial charge on any atom is -0.481 e. The first kappa shape index (κ1) is 10.2. The van der Waals surface area contributed by atoms with Gasteiger partial charge in [-0.3, -0.25) is 9.69 Å². The van der Waals surface area contributed by atoms with Crippen LogP contribution in [0, 0.1) is 5.92 Å². The van der Waals surface area contributed by atoms with Gasteiger partial charge in [0, 0.05) is 0 Å². The fourth-order valence-electron chi connectivity index (χ4n) is 1.88. The lowest BCUT2D eigenvalue weighted by Crippen LogP contribution is -2.35. The summed E-state index contributed by atoms with van der Waals surface area (Å²) >= 11 is 0. The van der Waals surface area contributed by atoms with Crippen LogP contribution >= 0.6 is 0 Å². The number of rotatable bonds is 3. The fraction of sp³-hybridized carbons (Fsp3) is 0.600. The third-order valence-electron chi connectivity index (χ3n) is 2.80. The van der Waals surface area contributed by atoms with Crippen molar-refractivity contribution in [2.24, 2.45) is 5.92 Å². The predicted molar refractivity (Wildman–Crippen MR) is 52.1 cm³/mol. The fourth-order valence-corrected chi connectivity index (χ4v) is 1.88. The normalized spacial score (nSPS) is 19.2. The lowest BCUT2D eigenvalue weighted by Gasteiger charge is -2.28. The maximum atomic E-state index is 10.7. The summed E-state index contributed by atoms with van der Waals surface area (Å²) in [7, 11) is 0. The van der Waals surface area contributed by atoms with Gasteiger partial charge in [-0.1, -0.05) is 0 Å². The molecule has 1 N–H and O–H groups in total. The molecule has 0 amide bonds. The van der Waals surface area contributed by atoms with Crippen molar-refractivity contribution in [1.29, 1.82) is 0 Å². The van der Waals surface area contributed by atoms with Crippen LogP contribution in [0.3, 0.4) is 0 Å². The Morgan fingerprint density at radius 1 is 1.60 bits per heavy atom. The molecule has 5 nitrogen and oxygen atoms in total. The van der Waals surface area contributed by atoms with Crippen LogP contribution in [0.25, 0.3) is 0 Å². The van der Waals surface area contributed by atoms with E-state index in [0.29, 0.717) is 0 Å². The number of piperidine rings is 1. The molecule has 1 aromatic heterocycles. The summed E-state index contributed by atoms with van der Waals surface area (Å²) in [5, 5.41) is 8.83. The minimum absolute atomic E-state index is 0.170. The lowest BCUT2D eigenvalue weighted by molar-refractivity contribution is -0.143. The zero-order chi connectivity index (χ0) is 10.7. The topological polar surface area (TPSA) is 66.6 Å². The standard InChI is InChI=1S/C10H14N2O3/c13-10(14)8-1-3-12(4-2-8)6-9-5-11-7-15-9/h5,7-8H,1-4,6H2,(H,13,14). The van der Waals surface area contributed by atoms with Gasteiger partial charge in [0.1, 0.15) is 5.76 Å². The molecule has 0 saturated carbocycles. The van der Waals surface area contributed by atoms with Crippen LogP contribution in [0.4, 0.5) is 0 Å². The van der Waals surface area contributed by atoms with E-state index in [2.05, 4.69) is 9.88 Å². The number of hydrogen-bond donors (Lipinski definition) is 1. The van der Waals surface area contributed by atoms with Crippen LogP contribution in [-0.4, -0.2) is 34.0 Å². The van der Waals surface area contributed by atoms with Crippen LogP contribution in [0.1, 0.15) is 18.6 Å². The van der Waals surface area contributed by atoms with Crippen LogP contribution < -0.4 is 0 Å². The molecule has 1 saturated heterocycles. The Morgan fingerprint density at radius 2 is 2.33 bits per heavy atom. The second kappa shape index (κ2) is 4.44. The highest BCUT2D eigenvalue weighted by Crippen LogP contribution is 2.18. The van der Waals surface area contributed by atoms with Gasteiger partial charge in [0.15, 0.2) is 6.39 Å². The molecule has 0 aliphatic carbocycles. The summed E-state index contributed by atoms with van der Waals surface area (Å²) in [6, 6.07) is 0. The van der Waals surface area contributed by atoms with Crippen molar-refractivity contribution in [3.63, 3.8) is 0 Å². The maximum absolute atomic E-state index is 10.7. The van der Waals surface area contributed by atoms with Crippen molar-refractivity contribution >= 4 is 5.97 Å². The van der Waals surface area contributed by atoms with E-state index in [4.69, 9.17) is 9.52 Å². The van der Waals surface area contributed by atoms with Gasteiger partial charge in [-0.25, -0.2) is 4.98 Å². The van der Waals surface area contributed by atoms with Crippen LogP contribution in [0.2, 0.25) is 0 Å². The van der Waals surface area contributed by atoms with Gasteiger partial charge in [0.25, 0.3) is 0 Å². The number of hydrogen-bond acceptors (Lipinski definition) is 4. The molecular formula is C10H14N2O3. The third-order valence-corrected chi connectivity index (χ3v) is 2.80. The smallest absolute Gasteiger partial charge is 0.306 e. The average molecular weight is 210 g/mol. The van der Waals surface area contributed by atoms with Crippen LogP contribution in [0.15, 0.2) is 17.0 Å². The van der Waals surface area contributed by atoms with E-state index in [1.165, 1.54) is 6.39 Å².